The van der Waals surface area contributed by atoms with Gasteiger partial charge in [0, 0.05) is 44.3 Å². The monoisotopic (exact) mass is 383 g/mol. The largest absolute Gasteiger partial charge is 0.353 e. The Morgan fingerprint density at radius 1 is 0.633 bits per heavy atom. The van der Waals surface area contributed by atoms with Crippen LogP contribution in [0.2, 0.25) is 0 Å². The van der Waals surface area contributed by atoms with Gasteiger partial charge in [0.05, 0.1) is 22.1 Å². The number of fused-ring (bicyclic) bond motifs is 10. The predicted octanol–water partition coefficient (Wildman–Crippen LogP) is 6.97. The van der Waals surface area contributed by atoms with Crippen LogP contribution in [0.4, 0.5) is 0 Å². The summed E-state index contributed by atoms with van der Waals surface area (Å²) in [5, 5.41) is 6.08. The number of benzene rings is 4. The number of aromatic nitrogens is 3. The molecular formula is C27H17N3. The van der Waals surface area contributed by atoms with Crippen LogP contribution in [0.25, 0.3) is 60.2 Å². The van der Waals surface area contributed by atoms with E-state index in [4.69, 9.17) is 4.98 Å². The van der Waals surface area contributed by atoms with E-state index in [9.17, 15) is 0 Å². The van der Waals surface area contributed by atoms with Gasteiger partial charge in [-0.25, -0.2) is 0 Å². The third-order valence-electron chi connectivity index (χ3n) is 6.15. The first kappa shape index (κ1) is 15.8. The Morgan fingerprint density at radius 2 is 1.37 bits per heavy atom. The van der Waals surface area contributed by atoms with E-state index in [2.05, 4.69) is 94.5 Å². The molecule has 1 N–H and O–H groups in total. The van der Waals surface area contributed by atoms with Gasteiger partial charge in [0.15, 0.2) is 0 Å². The number of nitrogens with one attached hydrogen (secondary N) is 1. The zero-order chi connectivity index (χ0) is 19.7. The number of nitrogens with zero attached hydrogens (tertiary/aromatic N) is 2. The molecule has 0 fully saturated rings. The average Bonchev–Trinajstić information content (AvgIpc) is 3.36. The summed E-state index contributed by atoms with van der Waals surface area (Å²) in [7, 11) is 0. The van der Waals surface area contributed by atoms with E-state index in [1.54, 1.807) is 0 Å². The zero-order valence-electron chi connectivity index (χ0n) is 16.1. The molecule has 3 nitrogen and oxygen atoms in total. The van der Waals surface area contributed by atoms with Crippen molar-refractivity contribution in [1.29, 1.82) is 0 Å². The van der Waals surface area contributed by atoms with Crippen LogP contribution in [-0.4, -0.2) is 14.5 Å². The maximum Gasteiger partial charge on any atom is 0.0810 e. The number of aromatic amines is 1. The summed E-state index contributed by atoms with van der Waals surface area (Å²) in [4.78, 5) is 8.61. The van der Waals surface area contributed by atoms with E-state index in [0.717, 1.165) is 22.2 Å². The van der Waals surface area contributed by atoms with Crippen molar-refractivity contribution in [3.05, 3.63) is 97.2 Å². The maximum atomic E-state index is 4.88. The SMILES string of the molecule is c1ccc(-n2c3ccccc3c3c4ncccc4c4c5ccccc5[nH]c4c32)cc1. The highest BCUT2D eigenvalue weighted by molar-refractivity contribution is 6.34. The van der Waals surface area contributed by atoms with Crippen molar-refractivity contribution in [2.75, 3.05) is 0 Å². The van der Waals surface area contributed by atoms with Crippen molar-refractivity contribution in [3.63, 3.8) is 0 Å². The Kier molecular flexibility index (Phi) is 3.00. The fourth-order valence-electron chi connectivity index (χ4n) is 4.97. The molecule has 7 aromatic rings. The lowest BCUT2D eigenvalue weighted by Gasteiger charge is -2.09. The van der Waals surface area contributed by atoms with Crippen LogP contribution in [0.3, 0.4) is 0 Å². The van der Waals surface area contributed by atoms with Crippen LogP contribution in [0, 0.1) is 0 Å². The van der Waals surface area contributed by atoms with E-state index < -0.39 is 0 Å². The Morgan fingerprint density at radius 3 is 2.27 bits per heavy atom. The van der Waals surface area contributed by atoms with Crippen molar-refractivity contribution < 1.29 is 0 Å². The second kappa shape index (κ2) is 5.71. The highest BCUT2D eigenvalue weighted by Gasteiger charge is 2.21. The van der Waals surface area contributed by atoms with E-state index in [0.29, 0.717) is 0 Å². The van der Waals surface area contributed by atoms with Gasteiger partial charge in [-0.3, -0.25) is 4.98 Å². The fourth-order valence-corrected chi connectivity index (χ4v) is 4.97. The van der Waals surface area contributed by atoms with Crippen LogP contribution < -0.4 is 0 Å². The molecule has 0 aliphatic rings. The lowest BCUT2D eigenvalue weighted by molar-refractivity contribution is 1.18. The van der Waals surface area contributed by atoms with Gasteiger partial charge >= 0.3 is 0 Å². The van der Waals surface area contributed by atoms with Crippen molar-refractivity contribution >= 4 is 54.5 Å². The van der Waals surface area contributed by atoms with Gasteiger partial charge in [0.25, 0.3) is 0 Å². The molecular weight excluding hydrogens is 366 g/mol. The van der Waals surface area contributed by atoms with Gasteiger partial charge in [-0.15, -0.1) is 0 Å². The highest BCUT2D eigenvalue weighted by atomic mass is 15.0. The van der Waals surface area contributed by atoms with Gasteiger partial charge in [0.2, 0.25) is 0 Å². The highest BCUT2D eigenvalue weighted by Crippen LogP contribution is 2.43. The third-order valence-corrected chi connectivity index (χ3v) is 6.15. The molecule has 3 heterocycles. The van der Waals surface area contributed by atoms with Crippen molar-refractivity contribution in [2.45, 2.75) is 0 Å². The summed E-state index contributed by atoms with van der Waals surface area (Å²) in [5.41, 5.74) is 6.88. The Hall–Kier alpha value is -4.11. The van der Waals surface area contributed by atoms with Crippen molar-refractivity contribution in [3.8, 4) is 5.69 Å². The molecule has 0 unspecified atom stereocenters. The Balaban J connectivity index is 1.89. The van der Waals surface area contributed by atoms with Crippen LogP contribution >= 0.6 is 0 Å². The normalized spacial score (nSPS) is 12.0. The molecule has 0 aliphatic heterocycles. The number of para-hydroxylation sites is 3. The lowest BCUT2D eigenvalue weighted by atomic mass is 10.0. The molecule has 0 aliphatic carbocycles. The summed E-state index contributed by atoms with van der Waals surface area (Å²) in [6.07, 6.45) is 1.90. The number of pyridine rings is 1. The van der Waals surface area contributed by atoms with Crippen molar-refractivity contribution in [1.82, 2.24) is 14.5 Å². The van der Waals surface area contributed by atoms with E-state index in [1.807, 2.05) is 12.3 Å². The molecule has 0 saturated heterocycles. The minimum absolute atomic E-state index is 1.05. The quantitative estimate of drug-likeness (QED) is 0.326. The number of hydrogen-bond acceptors (Lipinski definition) is 1. The maximum absolute atomic E-state index is 4.88. The predicted molar refractivity (Wildman–Crippen MR) is 125 cm³/mol. The summed E-state index contributed by atoms with van der Waals surface area (Å²) in [5.74, 6) is 0. The molecule has 140 valence electrons. The topological polar surface area (TPSA) is 33.6 Å². The smallest absolute Gasteiger partial charge is 0.0810 e. The van der Waals surface area contributed by atoms with E-state index in [-0.39, 0.29) is 0 Å². The minimum Gasteiger partial charge on any atom is -0.353 e. The minimum atomic E-state index is 1.05. The summed E-state index contributed by atoms with van der Waals surface area (Å²) in [6, 6.07) is 32.0. The van der Waals surface area contributed by atoms with Crippen LogP contribution in [0.1, 0.15) is 0 Å². The number of H-pyrrole nitrogens is 1. The van der Waals surface area contributed by atoms with Crippen LogP contribution in [0.5, 0.6) is 0 Å². The molecule has 0 saturated carbocycles. The van der Waals surface area contributed by atoms with Gasteiger partial charge in [0.1, 0.15) is 0 Å². The molecule has 0 spiro atoms. The zero-order valence-corrected chi connectivity index (χ0v) is 16.1. The van der Waals surface area contributed by atoms with E-state index >= 15 is 0 Å². The Bertz CT molecular complexity index is 1740. The van der Waals surface area contributed by atoms with E-state index in [1.165, 1.54) is 38.0 Å². The molecule has 4 aromatic carbocycles. The van der Waals surface area contributed by atoms with Gasteiger partial charge in [-0.2, -0.15) is 0 Å². The second-order valence-electron chi connectivity index (χ2n) is 7.73. The third kappa shape index (κ3) is 1.91. The standard InChI is InChI=1S/C27H17N3/c1-2-9-17(10-3-1)30-22-15-7-5-12-19(22)24-25-20(13-8-16-28-25)23-18-11-4-6-14-21(18)29-26(23)27(24)30/h1-16,29H. The fraction of sp³-hybridized carbons (Fsp3) is 0. The summed E-state index contributed by atoms with van der Waals surface area (Å²) >= 11 is 0. The molecule has 0 radical (unpaired) electrons. The number of hydrogen-bond donors (Lipinski definition) is 1. The van der Waals surface area contributed by atoms with Gasteiger partial charge in [-0.1, -0.05) is 60.7 Å². The molecule has 30 heavy (non-hydrogen) atoms. The van der Waals surface area contributed by atoms with Gasteiger partial charge < -0.3 is 9.55 Å². The molecule has 0 bridgehead atoms. The second-order valence-corrected chi connectivity index (χ2v) is 7.73. The van der Waals surface area contributed by atoms with Gasteiger partial charge in [-0.05, 0) is 30.3 Å². The van der Waals surface area contributed by atoms with Crippen LogP contribution in [-0.2, 0) is 0 Å². The molecule has 3 heteroatoms. The molecule has 7 rings (SSSR count). The average molecular weight is 383 g/mol. The number of rotatable bonds is 1. The summed E-state index contributed by atoms with van der Waals surface area (Å²) in [6.45, 7) is 0. The molecule has 0 atom stereocenters. The lowest BCUT2D eigenvalue weighted by Crippen LogP contribution is -1.94. The summed E-state index contributed by atoms with van der Waals surface area (Å²) < 4.78 is 2.37. The first-order valence-electron chi connectivity index (χ1n) is 10.2. The molecule has 0 amide bonds. The molecule has 3 aromatic heterocycles. The Labute approximate surface area is 172 Å². The first-order valence-corrected chi connectivity index (χ1v) is 10.2. The van der Waals surface area contributed by atoms with Crippen LogP contribution in [0.15, 0.2) is 97.2 Å². The van der Waals surface area contributed by atoms with Crippen molar-refractivity contribution in [2.24, 2.45) is 0 Å². The first-order chi connectivity index (χ1) is 14.9.